The van der Waals surface area contributed by atoms with Gasteiger partial charge < -0.3 is 9.64 Å². The summed E-state index contributed by atoms with van der Waals surface area (Å²) in [6.45, 7) is 0.565. The molecule has 0 aliphatic carbocycles. The molecule has 0 bridgehead atoms. The topological polar surface area (TPSA) is 72.7 Å². The number of ether oxygens (including phenoxy) is 1. The number of hydrogen-bond acceptors (Lipinski definition) is 4. The summed E-state index contributed by atoms with van der Waals surface area (Å²) in [5, 5.41) is 11.1. The molecule has 1 aliphatic rings. The molecule has 21 heavy (non-hydrogen) atoms. The van der Waals surface area contributed by atoms with Crippen molar-refractivity contribution >= 4 is 27.5 Å². The summed E-state index contributed by atoms with van der Waals surface area (Å²) in [6.07, 6.45) is -0.285. The molecule has 1 heterocycles. The summed E-state index contributed by atoms with van der Waals surface area (Å²) < 4.78 is 33.1. The Balaban J connectivity index is 2.34. The van der Waals surface area contributed by atoms with Gasteiger partial charge in [-0.2, -0.15) is 4.39 Å². The van der Waals surface area contributed by atoms with Crippen LogP contribution in [0.15, 0.2) is 12.1 Å². The highest BCUT2D eigenvalue weighted by Gasteiger charge is 2.31. The van der Waals surface area contributed by atoms with Crippen molar-refractivity contribution in [2.45, 2.75) is 6.10 Å². The minimum atomic E-state index is -1.45. The number of hydrogen-bond donors (Lipinski definition) is 0. The Morgan fingerprint density at radius 2 is 2.24 bits per heavy atom. The van der Waals surface area contributed by atoms with Crippen molar-refractivity contribution in [1.29, 1.82) is 0 Å². The molecule has 114 valence electrons. The maximum Gasteiger partial charge on any atom is 0.305 e. The number of amides is 1. The lowest BCUT2D eigenvalue weighted by Crippen LogP contribution is -2.46. The van der Waals surface area contributed by atoms with E-state index in [-0.39, 0.29) is 25.8 Å². The highest BCUT2D eigenvalue weighted by atomic mass is 79.9. The SMILES string of the molecule is O=C(c1c(F)ccc([N+](=O)[O-])c1F)N1CCOC(CBr)C1. The van der Waals surface area contributed by atoms with E-state index in [0.717, 1.165) is 6.07 Å². The van der Waals surface area contributed by atoms with E-state index < -0.39 is 33.7 Å². The quantitative estimate of drug-likeness (QED) is 0.467. The van der Waals surface area contributed by atoms with Crippen LogP contribution in [0, 0.1) is 21.7 Å². The lowest BCUT2D eigenvalue weighted by atomic mass is 10.1. The Hall–Kier alpha value is -1.61. The number of rotatable bonds is 3. The fourth-order valence-electron chi connectivity index (χ4n) is 2.03. The minimum Gasteiger partial charge on any atom is -0.374 e. The van der Waals surface area contributed by atoms with Crippen molar-refractivity contribution in [1.82, 2.24) is 4.90 Å². The van der Waals surface area contributed by atoms with Crippen LogP contribution in [-0.4, -0.2) is 46.9 Å². The highest BCUT2D eigenvalue weighted by Crippen LogP contribution is 2.25. The second-order valence-corrected chi connectivity index (χ2v) is 5.06. The molecule has 1 atom stereocenters. The number of morpholine rings is 1. The average Bonchev–Trinajstić information content (AvgIpc) is 2.46. The number of nitro groups is 1. The summed E-state index contributed by atoms with van der Waals surface area (Å²) in [7, 11) is 0. The van der Waals surface area contributed by atoms with Crippen LogP contribution >= 0.6 is 15.9 Å². The summed E-state index contributed by atoms with van der Waals surface area (Å²) in [4.78, 5) is 23.1. The Morgan fingerprint density at radius 3 is 2.86 bits per heavy atom. The molecule has 0 radical (unpaired) electrons. The molecule has 1 aromatic rings. The van der Waals surface area contributed by atoms with Gasteiger partial charge >= 0.3 is 5.69 Å². The number of alkyl halides is 1. The summed E-state index contributed by atoms with van der Waals surface area (Å²) in [6, 6.07) is 1.42. The van der Waals surface area contributed by atoms with Crippen LogP contribution in [0.5, 0.6) is 0 Å². The van der Waals surface area contributed by atoms with E-state index in [0.29, 0.717) is 11.4 Å². The van der Waals surface area contributed by atoms with Crippen LogP contribution in [0.2, 0.25) is 0 Å². The fraction of sp³-hybridized carbons (Fsp3) is 0.417. The van der Waals surface area contributed by atoms with Crippen molar-refractivity contribution in [3.05, 3.63) is 39.4 Å². The third-order valence-corrected chi connectivity index (χ3v) is 3.80. The van der Waals surface area contributed by atoms with Crippen LogP contribution in [-0.2, 0) is 4.74 Å². The van der Waals surface area contributed by atoms with E-state index in [1.807, 2.05) is 0 Å². The van der Waals surface area contributed by atoms with E-state index in [1.165, 1.54) is 4.90 Å². The average molecular weight is 365 g/mol. The van der Waals surface area contributed by atoms with Crippen LogP contribution in [0.4, 0.5) is 14.5 Å². The molecule has 0 aromatic heterocycles. The predicted octanol–water partition coefficient (Wildman–Crippen LogP) is 2.11. The molecule has 6 nitrogen and oxygen atoms in total. The van der Waals surface area contributed by atoms with Crippen molar-refractivity contribution in [3.8, 4) is 0 Å². The first-order valence-electron chi connectivity index (χ1n) is 6.05. The molecule has 1 saturated heterocycles. The van der Waals surface area contributed by atoms with Crippen LogP contribution in [0.3, 0.4) is 0 Å². The molecule has 1 aromatic carbocycles. The normalized spacial score (nSPS) is 18.6. The van der Waals surface area contributed by atoms with Crippen molar-refractivity contribution < 1.29 is 23.2 Å². The van der Waals surface area contributed by atoms with E-state index in [4.69, 9.17) is 4.74 Å². The van der Waals surface area contributed by atoms with Crippen molar-refractivity contribution in [3.63, 3.8) is 0 Å². The zero-order chi connectivity index (χ0) is 15.6. The third-order valence-electron chi connectivity index (χ3n) is 3.08. The monoisotopic (exact) mass is 364 g/mol. The van der Waals surface area contributed by atoms with Crippen molar-refractivity contribution in [2.24, 2.45) is 0 Å². The zero-order valence-electron chi connectivity index (χ0n) is 10.7. The molecule has 0 N–H and O–H groups in total. The fourth-order valence-corrected chi connectivity index (χ4v) is 2.43. The summed E-state index contributed by atoms with van der Waals surface area (Å²) >= 11 is 3.20. The van der Waals surface area contributed by atoms with Crippen LogP contribution in [0.1, 0.15) is 10.4 Å². The Morgan fingerprint density at radius 1 is 1.52 bits per heavy atom. The Kier molecular flexibility index (Phi) is 4.84. The number of nitrogens with zero attached hydrogens (tertiary/aromatic N) is 2. The molecule has 1 unspecified atom stereocenters. The molecule has 2 rings (SSSR count). The molecule has 1 aliphatic heterocycles. The van der Waals surface area contributed by atoms with Gasteiger partial charge in [0.25, 0.3) is 5.91 Å². The van der Waals surface area contributed by atoms with Gasteiger partial charge in [0.1, 0.15) is 11.4 Å². The molecule has 0 spiro atoms. The third kappa shape index (κ3) is 3.18. The van der Waals surface area contributed by atoms with E-state index in [1.54, 1.807) is 0 Å². The molecule has 9 heteroatoms. The number of benzene rings is 1. The number of carbonyl (C=O) groups excluding carboxylic acids is 1. The summed E-state index contributed by atoms with van der Waals surface area (Å²) in [5.74, 6) is -3.49. The Labute approximate surface area is 127 Å². The molecular weight excluding hydrogens is 354 g/mol. The molecule has 1 fully saturated rings. The van der Waals surface area contributed by atoms with Gasteiger partial charge in [-0.3, -0.25) is 14.9 Å². The number of carbonyl (C=O) groups is 1. The van der Waals surface area contributed by atoms with Gasteiger partial charge in [0.15, 0.2) is 0 Å². The maximum atomic E-state index is 14.0. The van der Waals surface area contributed by atoms with Gasteiger partial charge in [-0.1, -0.05) is 15.9 Å². The smallest absolute Gasteiger partial charge is 0.305 e. The number of halogens is 3. The van der Waals surface area contributed by atoms with Gasteiger partial charge in [0.2, 0.25) is 5.82 Å². The van der Waals surface area contributed by atoms with Gasteiger partial charge in [0.05, 0.1) is 17.6 Å². The highest BCUT2D eigenvalue weighted by molar-refractivity contribution is 9.09. The van der Waals surface area contributed by atoms with Gasteiger partial charge in [-0.25, -0.2) is 4.39 Å². The largest absolute Gasteiger partial charge is 0.374 e. The zero-order valence-corrected chi connectivity index (χ0v) is 12.3. The van der Waals surface area contributed by atoms with E-state index in [2.05, 4.69) is 15.9 Å². The van der Waals surface area contributed by atoms with Gasteiger partial charge in [0, 0.05) is 24.5 Å². The molecular formula is C12H11BrF2N2O4. The molecule has 0 saturated carbocycles. The minimum absolute atomic E-state index is 0.158. The predicted molar refractivity (Wildman–Crippen MR) is 72.4 cm³/mol. The second kappa shape index (κ2) is 6.44. The number of nitro benzene ring substituents is 1. The van der Waals surface area contributed by atoms with Gasteiger partial charge in [-0.15, -0.1) is 0 Å². The standard InChI is InChI=1S/C12H11BrF2N2O4/c13-5-7-6-16(3-4-21-7)12(18)10-8(14)1-2-9(11(10)15)17(19)20/h1-2,7H,3-6H2. The lowest BCUT2D eigenvalue weighted by molar-refractivity contribution is -0.387. The Bertz CT molecular complexity index is 585. The molecule has 1 amide bonds. The first kappa shape index (κ1) is 15.8. The van der Waals surface area contributed by atoms with Crippen molar-refractivity contribution in [2.75, 3.05) is 25.0 Å². The van der Waals surface area contributed by atoms with Crippen LogP contribution < -0.4 is 0 Å². The maximum absolute atomic E-state index is 14.0. The first-order valence-corrected chi connectivity index (χ1v) is 7.17. The first-order chi connectivity index (χ1) is 9.95. The van der Waals surface area contributed by atoms with E-state index in [9.17, 15) is 23.7 Å². The summed E-state index contributed by atoms with van der Waals surface area (Å²) in [5.41, 5.74) is -1.83. The lowest BCUT2D eigenvalue weighted by Gasteiger charge is -2.32. The van der Waals surface area contributed by atoms with Gasteiger partial charge in [-0.05, 0) is 6.07 Å². The van der Waals surface area contributed by atoms with E-state index >= 15 is 0 Å². The van der Waals surface area contributed by atoms with Crippen LogP contribution in [0.25, 0.3) is 0 Å². The second-order valence-electron chi connectivity index (χ2n) is 4.41.